The summed E-state index contributed by atoms with van der Waals surface area (Å²) in [6.07, 6.45) is 0.111. The molecule has 0 spiro atoms. The van der Waals surface area contributed by atoms with E-state index in [0.29, 0.717) is 23.3 Å². The molecule has 0 fully saturated rings. The molecule has 1 aromatic carbocycles. The Bertz CT molecular complexity index is 589. The summed E-state index contributed by atoms with van der Waals surface area (Å²) in [5, 5.41) is 4.50. The number of nitrogens with zero attached hydrogens (tertiary/aromatic N) is 2. The number of benzene rings is 1. The van der Waals surface area contributed by atoms with Gasteiger partial charge >= 0.3 is 0 Å². The Morgan fingerprint density at radius 2 is 2.20 bits per heavy atom. The van der Waals surface area contributed by atoms with Gasteiger partial charge < -0.3 is 15.0 Å². The standard InChI is InChI=1S/C13H15BrClN3O2/c1-7(2)19-6-11(16)12-17-13(20-18-12)8-3-4-10(15)9(14)5-8/h3-5,7,11H,6,16H2,1-2H3. The minimum absolute atomic E-state index is 0.111. The van der Waals surface area contributed by atoms with E-state index in [2.05, 4.69) is 26.1 Å². The fourth-order valence-electron chi connectivity index (χ4n) is 1.50. The van der Waals surface area contributed by atoms with Crippen molar-refractivity contribution in [3.05, 3.63) is 33.5 Å². The SMILES string of the molecule is CC(C)OCC(N)c1noc(-c2ccc(Cl)c(Br)c2)n1. The molecule has 108 valence electrons. The first kappa shape index (κ1) is 15.4. The molecular weight excluding hydrogens is 346 g/mol. The van der Waals surface area contributed by atoms with E-state index in [0.717, 1.165) is 10.0 Å². The third kappa shape index (κ3) is 3.79. The lowest BCUT2D eigenvalue weighted by Gasteiger charge is -2.10. The molecule has 7 heteroatoms. The minimum Gasteiger partial charge on any atom is -0.377 e. The number of nitrogens with two attached hydrogens (primary N) is 1. The van der Waals surface area contributed by atoms with Gasteiger partial charge in [-0.25, -0.2) is 0 Å². The van der Waals surface area contributed by atoms with Crippen LogP contribution in [0.2, 0.25) is 5.02 Å². The maximum absolute atomic E-state index is 5.95. The highest BCUT2D eigenvalue weighted by atomic mass is 79.9. The number of ether oxygens (including phenoxy) is 1. The van der Waals surface area contributed by atoms with Crippen LogP contribution >= 0.6 is 27.5 Å². The van der Waals surface area contributed by atoms with Gasteiger partial charge in [0.25, 0.3) is 5.89 Å². The van der Waals surface area contributed by atoms with E-state index in [-0.39, 0.29) is 6.10 Å². The number of rotatable bonds is 5. The largest absolute Gasteiger partial charge is 0.377 e. The molecule has 2 aromatic rings. The van der Waals surface area contributed by atoms with Crippen molar-refractivity contribution in [3.63, 3.8) is 0 Å². The molecule has 0 aliphatic carbocycles. The Balaban J connectivity index is 2.13. The van der Waals surface area contributed by atoms with E-state index < -0.39 is 6.04 Å². The van der Waals surface area contributed by atoms with Gasteiger partial charge in [-0.05, 0) is 48.0 Å². The van der Waals surface area contributed by atoms with Crippen LogP contribution in [0, 0.1) is 0 Å². The quantitative estimate of drug-likeness (QED) is 0.882. The van der Waals surface area contributed by atoms with Gasteiger partial charge in [0.2, 0.25) is 0 Å². The monoisotopic (exact) mass is 359 g/mol. The normalized spacial score (nSPS) is 12.9. The molecule has 1 aromatic heterocycles. The Labute approximate surface area is 130 Å². The molecule has 0 saturated heterocycles. The molecule has 0 saturated carbocycles. The third-order valence-corrected chi connectivity index (χ3v) is 3.76. The molecule has 0 amide bonds. The van der Waals surface area contributed by atoms with E-state index in [1.807, 2.05) is 19.9 Å². The predicted molar refractivity (Wildman–Crippen MR) is 80.5 cm³/mol. The zero-order valence-electron chi connectivity index (χ0n) is 11.1. The van der Waals surface area contributed by atoms with Gasteiger partial charge in [0.1, 0.15) is 0 Å². The Hall–Kier alpha value is -0.950. The van der Waals surface area contributed by atoms with Gasteiger partial charge in [-0.3, -0.25) is 0 Å². The van der Waals surface area contributed by atoms with Crippen LogP contribution in [-0.2, 0) is 4.74 Å². The average Bonchev–Trinajstić information content (AvgIpc) is 2.89. The molecule has 2 N–H and O–H groups in total. The third-order valence-electron chi connectivity index (χ3n) is 2.55. The van der Waals surface area contributed by atoms with E-state index in [1.54, 1.807) is 12.1 Å². The highest BCUT2D eigenvalue weighted by Gasteiger charge is 2.16. The molecule has 20 heavy (non-hydrogen) atoms. The summed E-state index contributed by atoms with van der Waals surface area (Å²) in [5.41, 5.74) is 6.72. The van der Waals surface area contributed by atoms with Crippen molar-refractivity contribution < 1.29 is 9.26 Å². The summed E-state index contributed by atoms with van der Waals surface area (Å²) >= 11 is 9.30. The zero-order chi connectivity index (χ0) is 14.7. The number of aromatic nitrogens is 2. The lowest BCUT2D eigenvalue weighted by atomic mass is 10.2. The molecule has 0 radical (unpaired) electrons. The molecule has 0 aliphatic heterocycles. The second-order valence-electron chi connectivity index (χ2n) is 4.58. The van der Waals surface area contributed by atoms with Crippen molar-refractivity contribution in [3.8, 4) is 11.5 Å². The molecule has 1 unspecified atom stereocenters. The molecule has 5 nitrogen and oxygen atoms in total. The number of hydrogen-bond donors (Lipinski definition) is 1. The molecule has 0 aliphatic rings. The van der Waals surface area contributed by atoms with Gasteiger partial charge in [0.05, 0.1) is 23.8 Å². The lowest BCUT2D eigenvalue weighted by molar-refractivity contribution is 0.0665. The Morgan fingerprint density at radius 1 is 1.45 bits per heavy atom. The Kier molecular flexibility index (Phi) is 5.15. The van der Waals surface area contributed by atoms with Crippen molar-refractivity contribution in [1.82, 2.24) is 10.1 Å². The van der Waals surface area contributed by atoms with Gasteiger partial charge in [-0.2, -0.15) is 4.98 Å². The summed E-state index contributed by atoms with van der Waals surface area (Å²) in [5.74, 6) is 0.823. The van der Waals surface area contributed by atoms with Crippen LogP contribution in [0.3, 0.4) is 0 Å². The van der Waals surface area contributed by atoms with E-state index in [1.165, 1.54) is 0 Å². The second kappa shape index (κ2) is 6.67. The first-order valence-electron chi connectivity index (χ1n) is 6.13. The smallest absolute Gasteiger partial charge is 0.258 e. The number of hydrogen-bond acceptors (Lipinski definition) is 5. The van der Waals surface area contributed by atoms with Crippen molar-refractivity contribution in [2.75, 3.05) is 6.61 Å². The van der Waals surface area contributed by atoms with Crippen LogP contribution < -0.4 is 5.73 Å². The average molecular weight is 361 g/mol. The number of halogens is 2. The fourth-order valence-corrected chi connectivity index (χ4v) is 2.00. The summed E-state index contributed by atoms with van der Waals surface area (Å²) in [6.45, 7) is 4.24. The molecular formula is C13H15BrClN3O2. The highest BCUT2D eigenvalue weighted by Crippen LogP contribution is 2.28. The molecule has 0 bridgehead atoms. The van der Waals surface area contributed by atoms with Gasteiger partial charge in [0, 0.05) is 10.0 Å². The summed E-state index contributed by atoms with van der Waals surface area (Å²) in [7, 11) is 0. The highest BCUT2D eigenvalue weighted by molar-refractivity contribution is 9.10. The van der Waals surface area contributed by atoms with Crippen LogP contribution in [0.25, 0.3) is 11.5 Å². The first-order chi connectivity index (χ1) is 9.47. The van der Waals surface area contributed by atoms with Gasteiger partial charge in [-0.1, -0.05) is 16.8 Å². The molecule has 1 heterocycles. The van der Waals surface area contributed by atoms with Crippen molar-refractivity contribution in [2.45, 2.75) is 26.0 Å². The summed E-state index contributed by atoms with van der Waals surface area (Å²) in [6, 6.07) is 4.97. The van der Waals surface area contributed by atoms with Crippen LogP contribution in [0.4, 0.5) is 0 Å². The topological polar surface area (TPSA) is 74.2 Å². The van der Waals surface area contributed by atoms with Crippen molar-refractivity contribution in [1.29, 1.82) is 0 Å². The fraction of sp³-hybridized carbons (Fsp3) is 0.385. The molecule has 1 atom stereocenters. The predicted octanol–water partition coefficient (Wildman–Crippen LogP) is 3.58. The van der Waals surface area contributed by atoms with Crippen LogP contribution in [0.5, 0.6) is 0 Å². The maximum Gasteiger partial charge on any atom is 0.258 e. The summed E-state index contributed by atoms with van der Waals surface area (Å²) in [4.78, 5) is 4.28. The van der Waals surface area contributed by atoms with Crippen LogP contribution in [0.1, 0.15) is 25.7 Å². The summed E-state index contributed by atoms with van der Waals surface area (Å²) < 4.78 is 11.4. The minimum atomic E-state index is -0.411. The second-order valence-corrected chi connectivity index (χ2v) is 5.84. The van der Waals surface area contributed by atoms with Crippen molar-refractivity contribution >= 4 is 27.5 Å². The van der Waals surface area contributed by atoms with E-state index in [9.17, 15) is 0 Å². The zero-order valence-corrected chi connectivity index (χ0v) is 13.5. The van der Waals surface area contributed by atoms with Crippen LogP contribution in [0.15, 0.2) is 27.2 Å². The maximum atomic E-state index is 5.95. The van der Waals surface area contributed by atoms with E-state index >= 15 is 0 Å². The van der Waals surface area contributed by atoms with E-state index in [4.69, 9.17) is 26.6 Å². The molecule has 2 rings (SSSR count). The van der Waals surface area contributed by atoms with Gasteiger partial charge in [-0.15, -0.1) is 0 Å². The Morgan fingerprint density at radius 3 is 2.85 bits per heavy atom. The lowest BCUT2D eigenvalue weighted by Crippen LogP contribution is -2.20. The van der Waals surface area contributed by atoms with Crippen LogP contribution in [-0.4, -0.2) is 22.9 Å². The van der Waals surface area contributed by atoms with Crippen molar-refractivity contribution in [2.24, 2.45) is 5.73 Å². The van der Waals surface area contributed by atoms with Gasteiger partial charge in [0.15, 0.2) is 5.82 Å². The first-order valence-corrected chi connectivity index (χ1v) is 7.30.